The Bertz CT molecular complexity index is 1380. The molecular formula is C34H29NO. The predicted molar refractivity (Wildman–Crippen MR) is 145 cm³/mol. The lowest BCUT2D eigenvalue weighted by molar-refractivity contribution is 0.0645. The van der Waals surface area contributed by atoms with Gasteiger partial charge in [-0.3, -0.25) is 4.98 Å². The van der Waals surface area contributed by atoms with E-state index in [1.807, 2.05) is 24.4 Å². The molecule has 0 radical (unpaired) electrons. The number of ether oxygens (including phenoxy) is 1. The lowest BCUT2D eigenvalue weighted by Crippen LogP contribution is -2.08. The highest BCUT2D eigenvalue weighted by Gasteiger charge is 2.17. The molecule has 1 aromatic heterocycles. The Labute approximate surface area is 213 Å². The second-order valence-corrected chi connectivity index (χ2v) is 9.67. The number of hydrogen-bond acceptors (Lipinski definition) is 2. The topological polar surface area (TPSA) is 22.1 Å². The van der Waals surface area contributed by atoms with Gasteiger partial charge in [0.05, 0.1) is 12.3 Å². The second kappa shape index (κ2) is 10.3. The van der Waals surface area contributed by atoms with E-state index in [2.05, 4.69) is 102 Å². The summed E-state index contributed by atoms with van der Waals surface area (Å²) in [5, 5.41) is 0. The Hall–Kier alpha value is -4.01. The van der Waals surface area contributed by atoms with Gasteiger partial charge >= 0.3 is 0 Å². The summed E-state index contributed by atoms with van der Waals surface area (Å²) in [6.07, 6.45) is 4.40. The smallest absolute Gasteiger partial charge is 0.108 e. The minimum Gasteiger partial charge on any atom is -0.362 e. The summed E-state index contributed by atoms with van der Waals surface area (Å²) < 4.78 is 6.58. The fourth-order valence-electron chi connectivity index (χ4n) is 5.18. The van der Waals surface area contributed by atoms with Crippen molar-refractivity contribution in [2.24, 2.45) is 0 Å². The maximum Gasteiger partial charge on any atom is 0.108 e. The first-order valence-corrected chi connectivity index (χ1v) is 12.6. The SMILES string of the molecule is c1ccc(COC2c3cccc(c3)Cc3cccc(c3)Cc3cccc(c3)Cc3cccc2c3)nc1. The van der Waals surface area contributed by atoms with Gasteiger partial charge in [-0.15, -0.1) is 0 Å². The van der Waals surface area contributed by atoms with Gasteiger partial charge < -0.3 is 4.74 Å². The number of rotatable bonds is 3. The van der Waals surface area contributed by atoms with Crippen LogP contribution in [0.5, 0.6) is 0 Å². The van der Waals surface area contributed by atoms with Crippen molar-refractivity contribution >= 4 is 0 Å². The fourth-order valence-corrected chi connectivity index (χ4v) is 5.18. The molecule has 36 heavy (non-hydrogen) atoms. The van der Waals surface area contributed by atoms with Gasteiger partial charge in [0.1, 0.15) is 6.10 Å². The van der Waals surface area contributed by atoms with Crippen molar-refractivity contribution in [3.05, 3.63) is 172 Å². The number of pyridine rings is 1. The minimum absolute atomic E-state index is 0.169. The van der Waals surface area contributed by atoms with Crippen LogP contribution in [-0.4, -0.2) is 4.98 Å². The van der Waals surface area contributed by atoms with E-state index in [-0.39, 0.29) is 6.10 Å². The Balaban J connectivity index is 1.43. The Kier molecular flexibility index (Phi) is 6.43. The fraction of sp³-hybridized carbons (Fsp3) is 0.147. The van der Waals surface area contributed by atoms with Crippen molar-refractivity contribution in [3.63, 3.8) is 0 Å². The van der Waals surface area contributed by atoms with Crippen LogP contribution in [0.3, 0.4) is 0 Å². The molecule has 1 aliphatic carbocycles. The number of hydrogen-bond donors (Lipinski definition) is 0. The Morgan fingerprint density at radius 2 is 1.00 bits per heavy atom. The standard InChI is InChI=1S/C34H29NO/c1-2-16-35-33(15-1)24-36-34-31-13-5-11-29(22-31)20-27-9-3-7-25(18-27)17-26-8-4-10-28(19-26)21-30-12-6-14-32(34)23-30/h1-16,18-19,22-23,34H,17,20-21,24H2. The first-order valence-electron chi connectivity index (χ1n) is 12.6. The molecule has 2 nitrogen and oxygen atoms in total. The molecule has 0 fully saturated rings. The average molecular weight is 468 g/mol. The summed E-state index contributed by atoms with van der Waals surface area (Å²) in [4.78, 5) is 4.47. The quantitative estimate of drug-likeness (QED) is 0.274. The van der Waals surface area contributed by atoms with Crippen molar-refractivity contribution in [1.82, 2.24) is 4.98 Å². The Morgan fingerprint density at radius 1 is 0.528 bits per heavy atom. The van der Waals surface area contributed by atoms with Crippen molar-refractivity contribution < 1.29 is 4.74 Å². The molecule has 0 atom stereocenters. The molecular weight excluding hydrogens is 438 g/mol. The zero-order valence-electron chi connectivity index (χ0n) is 20.3. The van der Waals surface area contributed by atoms with E-state index in [9.17, 15) is 0 Å². The zero-order chi connectivity index (χ0) is 24.2. The van der Waals surface area contributed by atoms with Gasteiger partial charge in [-0.25, -0.2) is 0 Å². The molecule has 0 amide bonds. The molecule has 0 saturated heterocycles. The highest BCUT2D eigenvalue weighted by Crippen LogP contribution is 2.30. The van der Waals surface area contributed by atoms with E-state index < -0.39 is 0 Å². The van der Waals surface area contributed by atoms with Gasteiger partial charge in [0.2, 0.25) is 0 Å². The van der Waals surface area contributed by atoms with Gasteiger partial charge in [-0.2, -0.15) is 0 Å². The van der Waals surface area contributed by atoms with Gasteiger partial charge in [0, 0.05) is 6.20 Å². The maximum absolute atomic E-state index is 6.58. The number of benzene rings is 4. The molecule has 0 spiro atoms. The third kappa shape index (κ3) is 5.30. The Morgan fingerprint density at radius 3 is 1.47 bits per heavy atom. The van der Waals surface area contributed by atoms with Gasteiger partial charge in [0.15, 0.2) is 0 Å². The number of aromatic nitrogens is 1. The van der Waals surface area contributed by atoms with Gasteiger partial charge in [0.25, 0.3) is 0 Å². The highest BCUT2D eigenvalue weighted by molar-refractivity contribution is 5.40. The third-order valence-electron chi connectivity index (χ3n) is 6.84. The summed E-state index contributed by atoms with van der Waals surface area (Å²) in [5.41, 5.74) is 11.2. The van der Waals surface area contributed by atoms with Crippen LogP contribution < -0.4 is 0 Å². The highest BCUT2D eigenvalue weighted by atomic mass is 16.5. The van der Waals surface area contributed by atoms with E-state index in [1.165, 1.54) is 44.5 Å². The van der Waals surface area contributed by atoms with E-state index in [0.717, 1.165) is 25.0 Å². The number of nitrogens with zero attached hydrogens (tertiary/aromatic N) is 1. The average Bonchev–Trinajstić information content (AvgIpc) is 2.90. The van der Waals surface area contributed by atoms with Crippen LogP contribution in [0.15, 0.2) is 121 Å². The van der Waals surface area contributed by atoms with E-state index in [1.54, 1.807) is 0 Å². The first-order chi connectivity index (χ1) is 17.8. The van der Waals surface area contributed by atoms with Crippen LogP contribution in [0.25, 0.3) is 0 Å². The van der Waals surface area contributed by atoms with Crippen LogP contribution in [0.1, 0.15) is 56.3 Å². The van der Waals surface area contributed by atoms with Crippen LogP contribution >= 0.6 is 0 Å². The van der Waals surface area contributed by atoms with Crippen molar-refractivity contribution in [3.8, 4) is 0 Å². The van der Waals surface area contributed by atoms with E-state index in [0.29, 0.717) is 6.61 Å². The molecule has 176 valence electrons. The normalized spacial score (nSPS) is 13.3. The molecule has 1 aliphatic rings. The van der Waals surface area contributed by atoms with Gasteiger partial charge in [-0.1, -0.05) is 103 Å². The van der Waals surface area contributed by atoms with Crippen molar-refractivity contribution in [1.29, 1.82) is 0 Å². The predicted octanol–water partition coefficient (Wildman–Crippen LogP) is 7.47. The summed E-state index contributed by atoms with van der Waals surface area (Å²) >= 11 is 0. The van der Waals surface area contributed by atoms with Crippen LogP contribution in [-0.2, 0) is 30.6 Å². The van der Waals surface area contributed by atoms with Crippen molar-refractivity contribution in [2.45, 2.75) is 32.0 Å². The monoisotopic (exact) mass is 467 g/mol. The maximum atomic E-state index is 6.58. The summed E-state index contributed by atoms with van der Waals surface area (Å²) in [6.45, 7) is 0.462. The molecule has 4 aromatic carbocycles. The summed E-state index contributed by atoms with van der Waals surface area (Å²) in [5.74, 6) is 0. The van der Waals surface area contributed by atoms with Crippen LogP contribution in [0.2, 0.25) is 0 Å². The lowest BCUT2D eigenvalue weighted by atomic mass is 9.93. The molecule has 0 aliphatic heterocycles. The van der Waals surface area contributed by atoms with E-state index >= 15 is 0 Å². The molecule has 6 rings (SSSR count). The van der Waals surface area contributed by atoms with Gasteiger partial charge in [-0.05, 0) is 75.9 Å². The molecule has 5 aromatic rings. The van der Waals surface area contributed by atoms with Crippen LogP contribution in [0, 0.1) is 0 Å². The molecule has 1 heterocycles. The first kappa shape index (κ1) is 22.5. The van der Waals surface area contributed by atoms with Crippen molar-refractivity contribution in [2.75, 3.05) is 0 Å². The number of fused-ring (bicyclic) bond motifs is 8. The third-order valence-corrected chi connectivity index (χ3v) is 6.84. The minimum atomic E-state index is -0.169. The molecule has 0 unspecified atom stereocenters. The summed E-state index contributed by atoms with van der Waals surface area (Å²) in [7, 11) is 0. The lowest BCUT2D eigenvalue weighted by Gasteiger charge is -2.21. The molecule has 0 saturated carbocycles. The second-order valence-electron chi connectivity index (χ2n) is 9.67. The van der Waals surface area contributed by atoms with Crippen LogP contribution in [0.4, 0.5) is 0 Å². The summed E-state index contributed by atoms with van der Waals surface area (Å²) in [6, 6.07) is 41.7. The van der Waals surface area contributed by atoms with E-state index in [4.69, 9.17) is 4.74 Å². The molecule has 2 heteroatoms. The zero-order valence-corrected chi connectivity index (χ0v) is 20.3. The largest absolute Gasteiger partial charge is 0.362 e. The molecule has 0 N–H and O–H groups in total. The molecule has 8 bridgehead atoms.